The minimum absolute atomic E-state index is 0.00276. The van der Waals surface area contributed by atoms with Crippen LogP contribution < -0.4 is 4.72 Å². The largest absolute Gasteiger partial charge is 0.384 e. The van der Waals surface area contributed by atoms with Crippen LogP contribution in [0.2, 0.25) is 0 Å². The van der Waals surface area contributed by atoms with Gasteiger partial charge in [0.15, 0.2) is 0 Å². The molecule has 1 aromatic carbocycles. The zero-order valence-electron chi connectivity index (χ0n) is 10.00. The quantitative estimate of drug-likeness (QED) is 0.823. The van der Waals surface area contributed by atoms with Crippen LogP contribution >= 0.6 is 0 Å². The molecule has 104 valence electrons. The molecular formula is C12H9FN2O4S. The van der Waals surface area contributed by atoms with E-state index in [1.807, 2.05) is 0 Å². The van der Waals surface area contributed by atoms with Crippen molar-refractivity contribution in [2.45, 2.75) is 4.90 Å². The number of hydrogen-bond acceptors (Lipinski definition) is 5. The summed E-state index contributed by atoms with van der Waals surface area (Å²) < 4.78 is 44.3. The van der Waals surface area contributed by atoms with E-state index >= 15 is 0 Å². The number of sulfonamides is 1. The third-order valence-corrected chi connectivity index (χ3v) is 3.62. The van der Waals surface area contributed by atoms with Gasteiger partial charge in [-0.1, -0.05) is 17.0 Å². The second kappa shape index (κ2) is 5.73. The molecule has 0 bridgehead atoms. The average Bonchev–Trinajstić information content (AvgIpc) is 2.89. The SMILES string of the molecule is O=S(=O)(Nc1cnoc1)c1ccc(C#CCO)c(F)c1. The first-order chi connectivity index (χ1) is 9.53. The fraction of sp³-hybridized carbons (Fsp3) is 0.0833. The summed E-state index contributed by atoms with van der Waals surface area (Å²) in [7, 11) is -3.93. The summed E-state index contributed by atoms with van der Waals surface area (Å²) in [5.74, 6) is 3.86. The van der Waals surface area contributed by atoms with E-state index in [1.165, 1.54) is 18.3 Å². The van der Waals surface area contributed by atoms with E-state index < -0.39 is 22.4 Å². The number of aliphatic hydroxyl groups excluding tert-OH is 1. The first-order valence-electron chi connectivity index (χ1n) is 5.34. The van der Waals surface area contributed by atoms with Gasteiger partial charge in [-0.15, -0.1) is 0 Å². The second-order valence-corrected chi connectivity index (χ2v) is 5.30. The van der Waals surface area contributed by atoms with Crippen molar-refractivity contribution >= 4 is 15.7 Å². The summed E-state index contributed by atoms with van der Waals surface area (Å²) in [5.41, 5.74) is 0.137. The van der Waals surface area contributed by atoms with Gasteiger partial charge in [-0.25, -0.2) is 12.8 Å². The number of nitrogens with one attached hydrogen (secondary N) is 1. The van der Waals surface area contributed by atoms with Crippen LogP contribution in [0.25, 0.3) is 0 Å². The van der Waals surface area contributed by atoms with Crippen molar-refractivity contribution in [3.05, 3.63) is 42.0 Å². The van der Waals surface area contributed by atoms with Crippen molar-refractivity contribution in [2.75, 3.05) is 11.3 Å². The summed E-state index contributed by atoms with van der Waals surface area (Å²) in [5, 5.41) is 11.9. The maximum absolute atomic E-state index is 13.7. The van der Waals surface area contributed by atoms with Gasteiger partial charge in [-0.05, 0) is 18.2 Å². The molecule has 2 N–H and O–H groups in total. The third-order valence-electron chi connectivity index (χ3n) is 2.24. The highest BCUT2D eigenvalue weighted by atomic mass is 32.2. The van der Waals surface area contributed by atoms with Gasteiger partial charge in [0.05, 0.1) is 16.7 Å². The molecule has 0 amide bonds. The number of aromatic nitrogens is 1. The average molecular weight is 296 g/mol. The summed E-state index contributed by atoms with van der Waals surface area (Å²) in [6, 6.07) is 3.28. The number of hydrogen-bond donors (Lipinski definition) is 2. The molecule has 2 rings (SSSR count). The van der Waals surface area contributed by atoms with E-state index in [-0.39, 0.29) is 16.1 Å². The highest BCUT2D eigenvalue weighted by Crippen LogP contribution is 2.18. The van der Waals surface area contributed by atoms with Crippen molar-refractivity contribution in [3.8, 4) is 11.8 Å². The van der Waals surface area contributed by atoms with Crippen LogP contribution in [-0.2, 0) is 10.0 Å². The maximum Gasteiger partial charge on any atom is 0.262 e. The fourth-order valence-electron chi connectivity index (χ4n) is 1.37. The maximum atomic E-state index is 13.7. The van der Waals surface area contributed by atoms with E-state index in [0.717, 1.165) is 12.3 Å². The molecule has 2 aromatic rings. The van der Waals surface area contributed by atoms with Gasteiger partial charge in [0.2, 0.25) is 0 Å². The number of benzene rings is 1. The van der Waals surface area contributed by atoms with Crippen LogP contribution in [0.3, 0.4) is 0 Å². The van der Waals surface area contributed by atoms with Crippen LogP contribution in [0.1, 0.15) is 5.56 Å². The second-order valence-electron chi connectivity index (χ2n) is 3.62. The Morgan fingerprint density at radius 1 is 1.45 bits per heavy atom. The molecule has 0 atom stereocenters. The third kappa shape index (κ3) is 3.14. The highest BCUT2D eigenvalue weighted by molar-refractivity contribution is 7.92. The first-order valence-corrected chi connectivity index (χ1v) is 6.83. The number of nitrogens with zero attached hydrogens (tertiary/aromatic N) is 1. The minimum Gasteiger partial charge on any atom is -0.384 e. The van der Waals surface area contributed by atoms with Gasteiger partial charge in [0, 0.05) is 0 Å². The van der Waals surface area contributed by atoms with E-state index in [1.54, 1.807) is 0 Å². The zero-order valence-corrected chi connectivity index (χ0v) is 10.8. The lowest BCUT2D eigenvalue weighted by molar-refractivity contribution is 0.350. The predicted octanol–water partition coefficient (Wildman–Crippen LogP) is 0.958. The Labute approximate surface area is 114 Å². The van der Waals surface area contributed by atoms with E-state index in [9.17, 15) is 12.8 Å². The first kappa shape index (κ1) is 14.0. The van der Waals surface area contributed by atoms with Crippen molar-refractivity contribution < 1.29 is 22.4 Å². The molecule has 0 saturated carbocycles. The zero-order chi connectivity index (χ0) is 14.6. The van der Waals surface area contributed by atoms with Gasteiger partial charge >= 0.3 is 0 Å². The Morgan fingerprint density at radius 3 is 2.85 bits per heavy atom. The van der Waals surface area contributed by atoms with Gasteiger partial charge in [-0.2, -0.15) is 0 Å². The molecule has 1 aromatic heterocycles. The number of anilines is 1. The molecule has 0 aliphatic carbocycles. The molecule has 0 aliphatic rings. The standard InChI is InChI=1S/C12H9FN2O4S/c13-12-6-11(4-3-9(12)2-1-5-16)20(17,18)15-10-7-14-19-8-10/h3-4,6-8,15-16H,5H2. The highest BCUT2D eigenvalue weighted by Gasteiger charge is 2.16. The lowest BCUT2D eigenvalue weighted by Gasteiger charge is -2.05. The van der Waals surface area contributed by atoms with Crippen molar-refractivity contribution in [1.82, 2.24) is 5.16 Å². The summed E-state index contributed by atoms with van der Waals surface area (Å²) in [6.45, 7) is -0.408. The summed E-state index contributed by atoms with van der Waals surface area (Å²) in [4.78, 5) is -0.259. The Hall–Kier alpha value is -2.37. The number of rotatable bonds is 3. The fourth-order valence-corrected chi connectivity index (χ4v) is 2.40. The Kier molecular flexibility index (Phi) is 4.02. The number of aliphatic hydroxyl groups is 1. The Bertz CT molecular complexity index is 760. The topological polar surface area (TPSA) is 92.4 Å². The van der Waals surface area contributed by atoms with Crippen LogP contribution in [0.4, 0.5) is 10.1 Å². The minimum atomic E-state index is -3.93. The normalized spacial score (nSPS) is 10.7. The Balaban J connectivity index is 2.31. The molecule has 0 saturated heterocycles. The Morgan fingerprint density at radius 2 is 2.25 bits per heavy atom. The van der Waals surface area contributed by atoms with Crippen LogP contribution in [0, 0.1) is 17.7 Å². The van der Waals surface area contributed by atoms with Crippen molar-refractivity contribution in [2.24, 2.45) is 0 Å². The van der Waals surface area contributed by atoms with E-state index in [2.05, 4.69) is 26.2 Å². The molecule has 0 spiro atoms. The van der Waals surface area contributed by atoms with Crippen molar-refractivity contribution in [1.29, 1.82) is 0 Å². The molecule has 0 fully saturated rings. The molecule has 20 heavy (non-hydrogen) atoms. The van der Waals surface area contributed by atoms with Crippen LogP contribution in [0.15, 0.2) is 40.1 Å². The molecule has 1 heterocycles. The molecule has 0 aliphatic heterocycles. The summed E-state index contributed by atoms with van der Waals surface area (Å²) >= 11 is 0. The van der Waals surface area contributed by atoms with Gasteiger partial charge < -0.3 is 9.63 Å². The molecule has 8 heteroatoms. The molecule has 0 radical (unpaired) electrons. The monoisotopic (exact) mass is 296 g/mol. The van der Waals surface area contributed by atoms with Gasteiger partial charge in [0.1, 0.15) is 24.4 Å². The molecule has 6 nitrogen and oxygen atoms in total. The van der Waals surface area contributed by atoms with Gasteiger partial charge in [0.25, 0.3) is 10.0 Å². The van der Waals surface area contributed by atoms with Crippen molar-refractivity contribution in [3.63, 3.8) is 0 Å². The smallest absolute Gasteiger partial charge is 0.262 e. The van der Waals surface area contributed by atoms with Crippen LogP contribution in [-0.4, -0.2) is 25.3 Å². The van der Waals surface area contributed by atoms with Crippen LogP contribution in [0.5, 0.6) is 0 Å². The number of halogens is 1. The van der Waals surface area contributed by atoms with Gasteiger partial charge in [-0.3, -0.25) is 4.72 Å². The molecule has 0 unspecified atom stereocenters. The summed E-state index contributed by atoms with van der Waals surface area (Å²) in [6.07, 6.45) is 2.28. The predicted molar refractivity (Wildman–Crippen MR) is 67.7 cm³/mol. The lowest BCUT2D eigenvalue weighted by atomic mass is 10.2. The lowest BCUT2D eigenvalue weighted by Crippen LogP contribution is -2.12. The van der Waals surface area contributed by atoms with E-state index in [4.69, 9.17) is 5.11 Å². The van der Waals surface area contributed by atoms with E-state index in [0.29, 0.717) is 0 Å². The molecular weight excluding hydrogens is 287 g/mol.